The van der Waals surface area contributed by atoms with Gasteiger partial charge in [0.15, 0.2) is 0 Å². The molecular formula is C15H20FNO2. The van der Waals surface area contributed by atoms with Crippen molar-refractivity contribution in [3.8, 4) is 5.75 Å². The topological polar surface area (TPSA) is 29.5 Å². The smallest absolute Gasteiger partial charge is 0.227 e. The lowest BCUT2D eigenvalue weighted by atomic mass is 10.1. The number of nitrogens with zero attached hydrogens (tertiary/aromatic N) is 1. The fourth-order valence-corrected chi connectivity index (χ4v) is 2.48. The molecule has 0 N–H and O–H groups in total. The largest absolute Gasteiger partial charge is 0.496 e. The molecule has 0 aliphatic carbocycles. The lowest BCUT2D eigenvalue weighted by Crippen LogP contribution is -2.33. The molecule has 0 unspecified atom stereocenters. The summed E-state index contributed by atoms with van der Waals surface area (Å²) >= 11 is 0. The van der Waals surface area contributed by atoms with E-state index in [9.17, 15) is 9.18 Å². The molecule has 104 valence electrons. The van der Waals surface area contributed by atoms with Gasteiger partial charge < -0.3 is 9.64 Å². The van der Waals surface area contributed by atoms with Crippen molar-refractivity contribution < 1.29 is 13.9 Å². The van der Waals surface area contributed by atoms with Crippen LogP contribution in [0.15, 0.2) is 18.2 Å². The van der Waals surface area contributed by atoms with E-state index in [2.05, 4.69) is 0 Å². The number of rotatable bonds is 3. The molecule has 1 aliphatic rings. The minimum Gasteiger partial charge on any atom is -0.496 e. The van der Waals surface area contributed by atoms with E-state index in [0.717, 1.165) is 25.9 Å². The van der Waals surface area contributed by atoms with Crippen LogP contribution in [0, 0.1) is 5.82 Å². The Morgan fingerprint density at radius 2 is 1.95 bits per heavy atom. The highest BCUT2D eigenvalue weighted by Gasteiger charge is 2.17. The Kier molecular flexibility index (Phi) is 4.77. The molecule has 0 bridgehead atoms. The number of halogens is 1. The number of hydrogen-bond donors (Lipinski definition) is 0. The first-order chi connectivity index (χ1) is 9.20. The Morgan fingerprint density at radius 1 is 1.26 bits per heavy atom. The van der Waals surface area contributed by atoms with Crippen LogP contribution >= 0.6 is 0 Å². The number of likely N-dealkylation sites (tertiary alicyclic amines) is 1. The summed E-state index contributed by atoms with van der Waals surface area (Å²) < 4.78 is 18.4. The molecule has 1 aromatic carbocycles. The van der Waals surface area contributed by atoms with Gasteiger partial charge in [-0.15, -0.1) is 0 Å². The Hall–Kier alpha value is -1.58. The first-order valence-corrected chi connectivity index (χ1v) is 6.81. The molecule has 19 heavy (non-hydrogen) atoms. The highest BCUT2D eigenvalue weighted by Crippen LogP contribution is 2.21. The third kappa shape index (κ3) is 3.69. The second-order valence-corrected chi connectivity index (χ2v) is 4.93. The highest BCUT2D eigenvalue weighted by molar-refractivity contribution is 5.79. The molecule has 4 heteroatoms. The van der Waals surface area contributed by atoms with Gasteiger partial charge in [-0.25, -0.2) is 4.39 Å². The predicted octanol–water partition coefficient (Wildman–Crippen LogP) is 2.78. The Morgan fingerprint density at radius 3 is 2.58 bits per heavy atom. The average Bonchev–Trinajstić information content (AvgIpc) is 2.68. The molecule has 1 fully saturated rings. The molecule has 0 atom stereocenters. The zero-order valence-corrected chi connectivity index (χ0v) is 11.3. The van der Waals surface area contributed by atoms with E-state index in [4.69, 9.17) is 4.74 Å². The van der Waals surface area contributed by atoms with Gasteiger partial charge in [-0.1, -0.05) is 12.8 Å². The molecule has 0 radical (unpaired) electrons. The number of methoxy groups -OCH3 is 1. The maximum atomic E-state index is 13.3. The second kappa shape index (κ2) is 6.55. The predicted molar refractivity (Wildman–Crippen MR) is 71.7 cm³/mol. The zero-order valence-electron chi connectivity index (χ0n) is 11.3. The van der Waals surface area contributed by atoms with E-state index in [1.54, 1.807) is 6.07 Å². The van der Waals surface area contributed by atoms with Crippen molar-refractivity contribution in [3.05, 3.63) is 29.6 Å². The SMILES string of the molecule is COc1ccc(F)cc1CC(=O)N1CCCCCC1. The van der Waals surface area contributed by atoms with Gasteiger partial charge in [0.05, 0.1) is 13.5 Å². The van der Waals surface area contributed by atoms with E-state index >= 15 is 0 Å². The molecule has 0 aromatic heterocycles. The summed E-state index contributed by atoms with van der Waals surface area (Å²) in [7, 11) is 1.53. The Bertz CT molecular complexity index is 440. The van der Waals surface area contributed by atoms with E-state index in [1.807, 2.05) is 4.90 Å². The monoisotopic (exact) mass is 265 g/mol. The molecule has 0 saturated carbocycles. The molecule has 1 amide bonds. The number of benzene rings is 1. The summed E-state index contributed by atoms with van der Waals surface area (Å²) in [5.74, 6) is 0.301. The lowest BCUT2D eigenvalue weighted by molar-refractivity contribution is -0.130. The van der Waals surface area contributed by atoms with Gasteiger partial charge in [0.2, 0.25) is 5.91 Å². The summed E-state index contributed by atoms with van der Waals surface area (Å²) in [6.07, 6.45) is 4.71. The van der Waals surface area contributed by atoms with Crippen LogP contribution in [0.2, 0.25) is 0 Å². The zero-order chi connectivity index (χ0) is 13.7. The van der Waals surface area contributed by atoms with Crippen LogP contribution in [-0.4, -0.2) is 31.0 Å². The normalized spacial score (nSPS) is 16.0. The molecule has 1 aromatic rings. The van der Waals surface area contributed by atoms with Crippen molar-refractivity contribution in [3.63, 3.8) is 0 Å². The highest BCUT2D eigenvalue weighted by atomic mass is 19.1. The fourth-order valence-electron chi connectivity index (χ4n) is 2.48. The fraction of sp³-hybridized carbons (Fsp3) is 0.533. The minimum atomic E-state index is -0.334. The van der Waals surface area contributed by atoms with Crippen LogP contribution in [0.4, 0.5) is 4.39 Å². The van der Waals surface area contributed by atoms with Gasteiger partial charge in [0.25, 0.3) is 0 Å². The first kappa shape index (κ1) is 13.8. The van der Waals surface area contributed by atoms with Crippen LogP contribution in [0.3, 0.4) is 0 Å². The van der Waals surface area contributed by atoms with Crippen LogP contribution in [0.5, 0.6) is 5.75 Å². The van der Waals surface area contributed by atoms with E-state index < -0.39 is 0 Å². The molecular weight excluding hydrogens is 245 g/mol. The van der Waals surface area contributed by atoms with E-state index in [-0.39, 0.29) is 18.1 Å². The van der Waals surface area contributed by atoms with Crippen LogP contribution < -0.4 is 4.74 Å². The summed E-state index contributed by atoms with van der Waals surface area (Å²) in [5, 5.41) is 0. The summed E-state index contributed by atoms with van der Waals surface area (Å²) in [6.45, 7) is 1.63. The number of ether oxygens (including phenoxy) is 1. The van der Waals surface area contributed by atoms with E-state index in [1.165, 1.54) is 32.1 Å². The maximum Gasteiger partial charge on any atom is 0.227 e. The average molecular weight is 265 g/mol. The molecule has 3 nitrogen and oxygen atoms in total. The van der Waals surface area contributed by atoms with Crippen LogP contribution in [0.25, 0.3) is 0 Å². The summed E-state index contributed by atoms with van der Waals surface area (Å²) in [5.41, 5.74) is 0.622. The third-order valence-corrected chi connectivity index (χ3v) is 3.54. The first-order valence-electron chi connectivity index (χ1n) is 6.81. The molecule has 1 aliphatic heterocycles. The van der Waals surface area contributed by atoms with Gasteiger partial charge in [0.1, 0.15) is 11.6 Å². The second-order valence-electron chi connectivity index (χ2n) is 4.93. The number of carbonyl (C=O) groups excluding carboxylic acids is 1. The van der Waals surface area contributed by atoms with Crippen molar-refractivity contribution in [1.29, 1.82) is 0 Å². The van der Waals surface area contributed by atoms with Gasteiger partial charge in [-0.3, -0.25) is 4.79 Å². The van der Waals surface area contributed by atoms with Gasteiger partial charge in [-0.05, 0) is 31.0 Å². The molecule has 0 spiro atoms. The van der Waals surface area contributed by atoms with E-state index in [0.29, 0.717) is 11.3 Å². The Balaban J connectivity index is 2.07. The van der Waals surface area contributed by atoms with Crippen LogP contribution in [-0.2, 0) is 11.2 Å². The van der Waals surface area contributed by atoms with Crippen molar-refractivity contribution in [1.82, 2.24) is 4.90 Å². The molecule has 1 saturated heterocycles. The van der Waals surface area contributed by atoms with Crippen molar-refractivity contribution in [2.45, 2.75) is 32.1 Å². The third-order valence-electron chi connectivity index (χ3n) is 3.54. The van der Waals surface area contributed by atoms with Gasteiger partial charge >= 0.3 is 0 Å². The summed E-state index contributed by atoms with van der Waals surface area (Å²) in [6, 6.07) is 4.30. The van der Waals surface area contributed by atoms with Crippen molar-refractivity contribution >= 4 is 5.91 Å². The lowest BCUT2D eigenvalue weighted by Gasteiger charge is -2.20. The van der Waals surface area contributed by atoms with Gasteiger partial charge in [0, 0.05) is 18.7 Å². The van der Waals surface area contributed by atoms with Crippen LogP contribution in [0.1, 0.15) is 31.2 Å². The number of amides is 1. The summed E-state index contributed by atoms with van der Waals surface area (Å²) in [4.78, 5) is 14.1. The molecule has 1 heterocycles. The maximum absolute atomic E-state index is 13.3. The standard InChI is InChI=1S/C15H20FNO2/c1-19-14-7-6-13(16)10-12(14)11-15(18)17-8-4-2-3-5-9-17/h6-7,10H,2-5,8-9,11H2,1H3. The Labute approximate surface area is 113 Å². The number of carbonyl (C=O) groups is 1. The van der Waals surface area contributed by atoms with Crippen molar-refractivity contribution in [2.24, 2.45) is 0 Å². The van der Waals surface area contributed by atoms with Gasteiger partial charge in [-0.2, -0.15) is 0 Å². The quantitative estimate of drug-likeness (QED) is 0.841. The minimum absolute atomic E-state index is 0.0609. The number of hydrogen-bond acceptors (Lipinski definition) is 2. The van der Waals surface area contributed by atoms with Crippen molar-refractivity contribution in [2.75, 3.05) is 20.2 Å². The molecule has 2 rings (SSSR count).